The molecule has 5 rings (SSSR count). The van der Waals surface area contributed by atoms with Crippen molar-refractivity contribution in [2.24, 2.45) is 5.16 Å². The standard InChI is InChI=1S/C24H25N7O5S2/c1-12-7-13(2)9-30(8-12)10-14-11-37-22-17(21(33)31(22)18(14)23(34)35)26-20(32)16(19-27-24(25)38-29-19)28-36-15-5-3-4-6-15/h3,5,7-9,15,17,22H,4,6,10-11H2,1-2H3,(H3-,25,26,27,29,32,34,35)/t15?,17?,22-/m0/s1. The third-order valence-electron chi connectivity index (χ3n) is 6.21. The summed E-state index contributed by atoms with van der Waals surface area (Å²) in [5.74, 6) is -2.38. The molecule has 0 saturated carbocycles. The van der Waals surface area contributed by atoms with Crippen LogP contribution in [0.2, 0.25) is 0 Å². The zero-order valence-electron chi connectivity index (χ0n) is 20.6. The van der Waals surface area contributed by atoms with Gasteiger partial charge in [0.15, 0.2) is 24.1 Å². The molecule has 2 aliphatic heterocycles. The monoisotopic (exact) mass is 555 g/mol. The number of aliphatic carboxylic acids is 1. The molecule has 2 aromatic rings. The van der Waals surface area contributed by atoms with E-state index in [0.717, 1.165) is 35.5 Å². The average Bonchev–Trinajstić information content (AvgIpc) is 3.53. The van der Waals surface area contributed by atoms with Gasteiger partial charge >= 0.3 is 0 Å². The van der Waals surface area contributed by atoms with Crippen molar-refractivity contribution in [3.63, 3.8) is 0 Å². The molecule has 3 aliphatic rings. The molecule has 4 heterocycles. The van der Waals surface area contributed by atoms with Gasteiger partial charge in [-0.3, -0.25) is 14.5 Å². The number of nitrogens with zero attached hydrogens (tertiary/aromatic N) is 5. The van der Waals surface area contributed by atoms with E-state index >= 15 is 0 Å². The van der Waals surface area contributed by atoms with E-state index in [1.54, 1.807) is 0 Å². The number of nitrogens with two attached hydrogens (primary N) is 1. The van der Waals surface area contributed by atoms with Crippen molar-refractivity contribution in [2.75, 3.05) is 11.5 Å². The number of carboxylic acid groups (broad SMARTS) is 1. The number of oxime groups is 1. The minimum atomic E-state index is -1.43. The lowest BCUT2D eigenvalue weighted by Gasteiger charge is -2.50. The summed E-state index contributed by atoms with van der Waals surface area (Å²) in [4.78, 5) is 49.1. The number of hydrogen-bond acceptors (Lipinski definition) is 11. The molecule has 198 valence electrons. The third-order valence-corrected chi connectivity index (χ3v) is 8.09. The summed E-state index contributed by atoms with van der Waals surface area (Å²) in [5.41, 5.74) is 7.94. The number of nitrogens with one attached hydrogen (secondary N) is 1. The van der Waals surface area contributed by atoms with Crippen molar-refractivity contribution >= 4 is 51.9 Å². The van der Waals surface area contributed by atoms with Crippen molar-refractivity contribution in [3.05, 3.63) is 58.8 Å². The van der Waals surface area contributed by atoms with Crippen LogP contribution in [0.4, 0.5) is 5.13 Å². The highest BCUT2D eigenvalue weighted by Crippen LogP contribution is 2.40. The summed E-state index contributed by atoms with van der Waals surface area (Å²) in [6, 6.07) is 1.05. The minimum Gasteiger partial charge on any atom is -0.543 e. The Balaban J connectivity index is 1.34. The molecule has 2 unspecified atom stereocenters. The number of β-lactam (4-membered cyclic amide) rings is 1. The fourth-order valence-corrected chi connectivity index (χ4v) is 6.41. The maximum Gasteiger partial charge on any atom is 0.278 e. The molecule has 3 atom stereocenters. The number of hydrogen-bond donors (Lipinski definition) is 2. The Bertz CT molecular complexity index is 1380. The number of pyridine rings is 1. The summed E-state index contributed by atoms with van der Waals surface area (Å²) < 4.78 is 5.94. The van der Waals surface area contributed by atoms with E-state index in [4.69, 9.17) is 10.6 Å². The molecule has 12 nitrogen and oxygen atoms in total. The van der Waals surface area contributed by atoms with Crippen LogP contribution in [0.3, 0.4) is 0 Å². The predicted molar refractivity (Wildman–Crippen MR) is 137 cm³/mol. The van der Waals surface area contributed by atoms with Crippen LogP contribution < -0.4 is 20.7 Å². The second-order valence-electron chi connectivity index (χ2n) is 9.21. The summed E-state index contributed by atoms with van der Waals surface area (Å²) in [6.45, 7) is 4.21. The van der Waals surface area contributed by atoms with E-state index in [1.165, 1.54) is 16.7 Å². The van der Waals surface area contributed by atoms with Crippen LogP contribution in [0, 0.1) is 13.8 Å². The second-order valence-corrected chi connectivity index (χ2v) is 11.1. The number of carboxylic acids is 1. The largest absolute Gasteiger partial charge is 0.543 e. The van der Waals surface area contributed by atoms with E-state index in [1.807, 2.05) is 49.0 Å². The Kier molecular flexibility index (Phi) is 7.17. The maximum absolute atomic E-state index is 13.2. The second kappa shape index (κ2) is 10.5. The number of thioether (sulfide) groups is 1. The van der Waals surface area contributed by atoms with Crippen LogP contribution >= 0.6 is 23.3 Å². The Labute approximate surface area is 226 Å². The van der Waals surface area contributed by atoms with Gasteiger partial charge in [-0.2, -0.15) is 9.36 Å². The zero-order chi connectivity index (χ0) is 27.0. The van der Waals surface area contributed by atoms with Gasteiger partial charge in [-0.25, -0.2) is 4.57 Å². The lowest BCUT2D eigenvalue weighted by atomic mass is 10.0. The number of amides is 2. The highest BCUT2D eigenvalue weighted by atomic mass is 32.2. The fourth-order valence-electron chi connectivity index (χ4n) is 4.64. The molecule has 2 aromatic heterocycles. The number of aryl methyl sites for hydroxylation is 2. The summed E-state index contributed by atoms with van der Waals surface area (Å²) in [7, 11) is 0. The lowest BCUT2D eigenvalue weighted by Crippen LogP contribution is -2.71. The first-order chi connectivity index (χ1) is 18.2. The molecule has 14 heteroatoms. The number of aromatic nitrogens is 3. The van der Waals surface area contributed by atoms with Crippen LogP contribution in [0.1, 0.15) is 29.8 Å². The van der Waals surface area contributed by atoms with E-state index in [-0.39, 0.29) is 28.5 Å². The molecule has 0 spiro atoms. The van der Waals surface area contributed by atoms with Gasteiger partial charge in [0.25, 0.3) is 11.8 Å². The molecular weight excluding hydrogens is 530 g/mol. The van der Waals surface area contributed by atoms with Gasteiger partial charge in [-0.15, -0.1) is 11.8 Å². The number of allylic oxidation sites excluding steroid dienone is 1. The van der Waals surface area contributed by atoms with Crippen LogP contribution in [0.25, 0.3) is 0 Å². The summed E-state index contributed by atoms with van der Waals surface area (Å²) >= 11 is 2.27. The van der Waals surface area contributed by atoms with Crippen LogP contribution in [-0.2, 0) is 25.8 Å². The average molecular weight is 556 g/mol. The molecule has 38 heavy (non-hydrogen) atoms. The van der Waals surface area contributed by atoms with E-state index in [2.05, 4.69) is 19.8 Å². The molecule has 3 N–H and O–H groups in total. The number of carbonyl (C=O) groups excluding carboxylic acids is 3. The Morgan fingerprint density at radius 1 is 1.34 bits per heavy atom. The number of carbonyl (C=O) groups is 3. The van der Waals surface area contributed by atoms with Crippen LogP contribution in [-0.4, -0.2) is 61.0 Å². The fraction of sp³-hybridized carbons (Fsp3) is 0.375. The van der Waals surface area contributed by atoms with Gasteiger partial charge < -0.3 is 25.8 Å². The molecule has 1 saturated heterocycles. The van der Waals surface area contributed by atoms with Crippen LogP contribution in [0.5, 0.6) is 0 Å². The normalized spacial score (nSPS) is 22.8. The van der Waals surface area contributed by atoms with E-state index < -0.39 is 29.2 Å². The third kappa shape index (κ3) is 5.13. The van der Waals surface area contributed by atoms with Crippen molar-refractivity contribution in [1.29, 1.82) is 0 Å². The SMILES string of the molecule is Cc1cc(C)c[n+](CC2=C(C(=O)[O-])N3C(=O)C(NC(=O)C(=NOC4C=CCC4)c4nsc(N)n4)[C@@H]3SC2)c1. The first kappa shape index (κ1) is 25.9. The number of rotatable bonds is 8. The topological polar surface area (TPSA) is 167 Å². The first-order valence-corrected chi connectivity index (χ1v) is 13.7. The van der Waals surface area contributed by atoms with Crippen molar-refractivity contribution in [3.8, 4) is 0 Å². The highest BCUT2D eigenvalue weighted by Gasteiger charge is 2.53. The molecule has 2 amide bonds. The van der Waals surface area contributed by atoms with Crippen LogP contribution in [0.15, 0.2) is 47.0 Å². The summed E-state index contributed by atoms with van der Waals surface area (Å²) in [6.07, 6.45) is 8.90. The van der Waals surface area contributed by atoms with Gasteiger partial charge in [0.1, 0.15) is 17.5 Å². The van der Waals surface area contributed by atoms with Gasteiger partial charge in [0, 0.05) is 34.0 Å². The highest BCUT2D eigenvalue weighted by molar-refractivity contribution is 8.00. The van der Waals surface area contributed by atoms with E-state index in [0.29, 0.717) is 17.9 Å². The quantitative estimate of drug-likeness (QED) is 0.144. The first-order valence-electron chi connectivity index (χ1n) is 11.9. The Morgan fingerprint density at radius 3 is 2.74 bits per heavy atom. The van der Waals surface area contributed by atoms with Crippen molar-refractivity contribution in [2.45, 2.75) is 50.8 Å². The molecule has 1 fully saturated rings. The summed E-state index contributed by atoms with van der Waals surface area (Å²) in [5, 5.41) is 18.3. The van der Waals surface area contributed by atoms with Crippen molar-refractivity contribution < 1.29 is 28.9 Å². The molecule has 0 aromatic carbocycles. The molecule has 0 bridgehead atoms. The zero-order valence-corrected chi connectivity index (χ0v) is 22.3. The van der Waals surface area contributed by atoms with E-state index in [9.17, 15) is 19.5 Å². The number of nitrogen functional groups attached to an aromatic ring is 1. The Hall–Kier alpha value is -3.78. The molecular formula is C24H25N7O5S2. The lowest BCUT2D eigenvalue weighted by molar-refractivity contribution is -0.689. The van der Waals surface area contributed by atoms with Gasteiger partial charge in [-0.1, -0.05) is 11.2 Å². The Morgan fingerprint density at radius 2 is 2.11 bits per heavy atom. The van der Waals surface area contributed by atoms with Gasteiger partial charge in [0.05, 0.1) is 11.7 Å². The maximum atomic E-state index is 13.2. The molecule has 0 radical (unpaired) electrons. The van der Waals surface area contributed by atoms with Gasteiger partial charge in [-0.05, 0) is 38.8 Å². The predicted octanol–water partition coefficient (Wildman–Crippen LogP) is -0.432. The number of fused-ring (bicyclic) bond motifs is 1. The van der Waals surface area contributed by atoms with Gasteiger partial charge in [0.2, 0.25) is 11.5 Å². The minimum absolute atomic E-state index is 0.0185. The number of anilines is 1. The molecule has 1 aliphatic carbocycles. The van der Waals surface area contributed by atoms with Crippen molar-refractivity contribution in [1.82, 2.24) is 19.6 Å². The smallest absolute Gasteiger partial charge is 0.278 e.